The molecule has 0 bridgehead atoms. The van der Waals surface area contributed by atoms with Crippen LogP contribution in [-0.4, -0.2) is 28.5 Å². The average Bonchev–Trinajstić information content (AvgIpc) is 2.42. The molecule has 12 heavy (non-hydrogen) atoms. The van der Waals surface area contributed by atoms with Crippen molar-refractivity contribution in [3.05, 3.63) is 0 Å². The predicted octanol–water partition coefficient (Wildman–Crippen LogP) is 1.29. The lowest BCUT2D eigenvalue weighted by Crippen LogP contribution is -2.41. The Kier molecular flexibility index (Phi) is 2.09. The van der Waals surface area contributed by atoms with Gasteiger partial charge in [0.1, 0.15) is 0 Å². The van der Waals surface area contributed by atoms with Gasteiger partial charge in [0.05, 0.1) is 4.99 Å². The SMILES string of the molecule is NC(=S)CC12CCCN1CCC2. The fourth-order valence-corrected chi connectivity index (χ4v) is 3.11. The number of nitrogens with two attached hydrogens (primary N) is 1. The topological polar surface area (TPSA) is 29.3 Å². The van der Waals surface area contributed by atoms with Crippen LogP contribution in [0.25, 0.3) is 0 Å². The van der Waals surface area contributed by atoms with Crippen molar-refractivity contribution in [3.8, 4) is 0 Å². The number of hydrogen-bond donors (Lipinski definition) is 1. The highest BCUT2D eigenvalue weighted by atomic mass is 32.1. The summed E-state index contributed by atoms with van der Waals surface area (Å²) in [6.45, 7) is 2.53. The Hall–Kier alpha value is -0.150. The lowest BCUT2D eigenvalue weighted by molar-refractivity contribution is 0.204. The molecule has 0 spiro atoms. The Bertz CT molecular complexity index is 193. The van der Waals surface area contributed by atoms with Gasteiger partial charge >= 0.3 is 0 Å². The summed E-state index contributed by atoms with van der Waals surface area (Å²) in [7, 11) is 0. The minimum Gasteiger partial charge on any atom is -0.393 e. The Morgan fingerprint density at radius 3 is 2.42 bits per heavy atom. The molecule has 2 N–H and O–H groups in total. The number of thiocarbonyl (C=S) groups is 1. The third-order valence-electron chi connectivity index (χ3n) is 3.31. The third-order valence-corrected chi connectivity index (χ3v) is 3.46. The van der Waals surface area contributed by atoms with Crippen molar-refractivity contribution in [2.75, 3.05) is 13.1 Å². The fraction of sp³-hybridized carbons (Fsp3) is 0.889. The molecule has 0 saturated carbocycles. The van der Waals surface area contributed by atoms with Crippen LogP contribution in [0.4, 0.5) is 0 Å². The van der Waals surface area contributed by atoms with E-state index in [0.717, 1.165) is 6.42 Å². The molecule has 0 radical (unpaired) electrons. The monoisotopic (exact) mass is 184 g/mol. The number of nitrogens with zero attached hydrogens (tertiary/aromatic N) is 1. The van der Waals surface area contributed by atoms with E-state index in [1.165, 1.54) is 38.8 Å². The van der Waals surface area contributed by atoms with Gasteiger partial charge in [0.2, 0.25) is 0 Å². The first-order chi connectivity index (χ1) is 5.73. The van der Waals surface area contributed by atoms with Gasteiger partial charge in [-0.2, -0.15) is 0 Å². The molecule has 3 heteroatoms. The summed E-state index contributed by atoms with van der Waals surface area (Å²) in [5.41, 5.74) is 6.02. The van der Waals surface area contributed by atoms with Gasteiger partial charge < -0.3 is 5.73 Å². The highest BCUT2D eigenvalue weighted by Crippen LogP contribution is 2.41. The molecule has 0 aromatic rings. The minimum absolute atomic E-state index is 0.395. The second-order valence-corrected chi connectivity index (χ2v) is 4.59. The zero-order valence-corrected chi connectivity index (χ0v) is 8.20. The van der Waals surface area contributed by atoms with Crippen molar-refractivity contribution in [2.45, 2.75) is 37.6 Å². The largest absolute Gasteiger partial charge is 0.393 e. The zero-order chi connectivity index (χ0) is 8.60. The van der Waals surface area contributed by atoms with Crippen molar-refractivity contribution >= 4 is 17.2 Å². The molecule has 68 valence electrons. The molecule has 2 rings (SSSR count). The van der Waals surface area contributed by atoms with Crippen LogP contribution in [0.3, 0.4) is 0 Å². The predicted molar refractivity (Wildman–Crippen MR) is 54.2 cm³/mol. The van der Waals surface area contributed by atoms with Crippen LogP contribution in [0.1, 0.15) is 32.1 Å². The molecule has 2 heterocycles. The Morgan fingerprint density at radius 2 is 1.92 bits per heavy atom. The number of hydrogen-bond acceptors (Lipinski definition) is 2. The van der Waals surface area contributed by atoms with E-state index in [1.807, 2.05) is 0 Å². The molecule has 2 aliphatic rings. The maximum absolute atomic E-state index is 5.63. The van der Waals surface area contributed by atoms with Gasteiger partial charge in [0.15, 0.2) is 0 Å². The first-order valence-electron chi connectivity index (χ1n) is 4.76. The maximum atomic E-state index is 5.63. The molecule has 0 aromatic carbocycles. The summed E-state index contributed by atoms with van der Waals surface area (Å²) in [6, 6.07) is 0. The quantitative estimate of drug-likeness (QED) is 0.656. The van der Waals surface area contributed by atoms with Crippen LogP contribution in [-0.2, 0) is 0 Å². The lowest BCUT2D eigenvalue weighted by atomic mass is 9.90. The molecule has 2 saturated heterocycles. The summed E-state index contributed by atoms with van der Waals surface area (Å²) in [5, 5.41) is 0. The normalized spacial score (nSPS) is 27.3. The first-order valence-corrected chi connectivity index (χ1v) is 5.17. The molecular weight excluding hydrogens is 168 g/mol. The van der Waals surface area contributed by atoms with Gasteiger partial charge in [-0.15, -0.1) is 0 Å². The number of rotatable bonds is 2. The second kappa shape index (κ2) is 2.96. The summed E-state index contributed by atoms with van der Waals surface area (Å²) < 4.78 is 0. The highest BCUT2D eigenvalue weighted by Gasteiger charge is 2.44. The fourth-order valence-electron chi connectivity index (χ4n) is 2.84. The standard InChI is InChI=1S/C9H16N2S/c10-8(12)7-9-3-1-5-11(9)6-2-4-9/h1-7H2,(H2,10,12). The zero-order valence-electron chi connectivity index (χ0n) is 7.38. The maximum Gasteiger partial charge on any atom is 0.0745 e. The van der Waals surface area contributed by atoms with E-state index in [0.29, 0.717) is 10.5 Å². The molecule has 0 atom stereocenters. The number of fused-ring (bicyclic) bond motifs is 1. The summed E-state index contributed by atoms with van der Waals surface area (Å²) >= 11 is 5.00. The van der Waals surface area contributed by atoms with Gasteiger partial charge in [-0.25, -0.2) is 0 Å². The molecule has 2 aliphatic heterocycles. The molecular formula is C9H16N2S. The second-order valence-electron chi connectivity index (χ2n) is 4.06. The average molecular weight is 184 g/mol. The van der Waals surface area contributed by atoms with Crippen LogP contribution < -0.4 is 5.73 Å². The van der Waals surface area contributed by atoms with Crippen LogP contribution in [0.5, 0.6) is 0 Å². The van der Waals surface area contributed by atoms with Crippen molar-refractivity contribution in [3.63, 3.8) is 0 Å². The molecule has 2 nitrogen and oxygen atoms in total. The van der Waals surface area contributed by atoms with Gasteiger partial charge in [-0.3, -0.25) is 4.90 Å². The van der Waals surface area contributed by atoms with Gasteiger partial charge in [0, 0.05) is 12.0 Å². The Morgan fingerprint density at radius 1 is 1.33 bits per heavy atom. The minimum atomic E-state index is 0.395. The van der Waals surface area contributed by atoms with E-state index in [1.54, 1.807) is 0 Å². The van der Waals surface area contributed by atoms with Crippen LogP contribution >= 0.6 is 12.2 Å². The highest BCUT2D eigenvalue weighted by molar-refractivity contribution is 7.80. The van der Waals surface area contributed by atoms with E-state index in [9.17, 15) is 0 Å². The first kappa shape index (κ1) is 8.45. The van der Waals surface area contributed by atoms with E-state index < -0.39 is 0 Å². The molecule has 0 unspecified atom stereocenters. The Labute approximate surface area is 79.1 Å². The van der Waals surface area contributed by atoms with E-state index in [4.69, 9.17) is 18.0 Å². The van der Waals surface area contributed by atoms with Crippen molar-refractivity contribution in [2.24, 2.45) is 5.73 Å². The molecule has 0 amide bonds. The third kappa shape index (κ3) is 1.25. The van der Waals surface area contributed by atoms with Crippen molar-refractivity contribution in [1.29, 1.82) is 0 Å². The molecule has 0 aromatic heterocycles. The summed E-state index contributed by atoms with van der Waals surface area (Å²) in [6.07, 6.45) is 6.24. The molecule has 2 fully saturated rings. The summed E-state index contributed by atoms with van der Waals surface area (Å²) in [5.74, 6) is 0. The lowest BCUT2D eigenvalue weighted by Gasteiger charge is -2.31. The molecule has 0 aliphatic carbocycles. The van der Waals surface area contributed by atoms with Gasteiger partial charge in [-0.1, -0.05) is 12.2 Å². The van der Waals surface area contributed by atoms with Crippen LogP contribution in [0.15, 0.2) is 0 Å². The van der Waals surface area contributed by atoms with E-state index in [-0.39, 0.29) is 0 Å². The van der Waals surface area contributed by atoms with E-state index in [2.05, 4.69) is 4.90 Å². The van der Waals surface area contributed by atoms with Crippen LogP contribution in [0.2, 0.25) is 0 Å². The summed E-state index contributed by atoms with van der Waals surface area (Å²) in [4.78, 5) is 3.29. The van der Waals surface area contributed by atoms with Crippen molar-refractivity contribution in [1.82, 2.24) is 4.90 Å². The Balaban J connectivity index is 2.11. The van der Waals surface area contributed by atoms with Gasteiger partial charge in [0.25, 0.3) is 0 Å². The van der Waals surface area contributed by atoms with Crippen LogP contribution in [0, 0.1) is 0 Å². The smallest absolute Gasteiger partial charge is 0.0745 e. The van der Waals surface area contributed by atoms with E-state index >= 15 is 0 Å². The van der Waals surface area contributed by atoms with Crippen molar-refractivity contribution < 1.29 is 0 Å². The van der Waals surface area contributed by atoms with Gasteiger partial charge in [-0.05, 0) is 38.8 Å².